The van der Waals surface area contributed by atoms with E-state index in [0.717, 1.165) is 43.6 Å². The number of aromatic nitrogens is 2. The van der Waals surface area contributed by atoms with E-state index in [2.05, 4.69) is 56.6 Å². The molecule has 0 atom stereocenters. The van der Waals surface area contributed by atoms with E-state index in [1.54, 1.807) is 0 Å². The van der Waals surface area contributed by atoms with Gasteiger partial charge in [0.05, 0.1) is 0 Å². The van der Waals surface area contributed by atoms with E-state index >= 15 is 0 Å². The highest BCUT2D eigenvalue weighted by atomic mass is 15.3. The molecule has 0 amide bonds. The fraction of sp³-hybridized carbons (Fsp3) is 0.545. The number of nitrogens with zero attached hydrogens (tertiary/aromatic N) is 4. The third kappa shape index (κ3) is 3.06. The van der Waals surface area contributed by atoms with Gasteiger partial charge in [-0.3, -0.25) is 0 Å². The van der Waals surface area contributed by atoms with Crippen molar-refractivity contribution in [1.82, 2.24) is 9.97 Å². The SMILES string of the molecule is CCN(c1nc(C)c2c(n1)N(CC1CC1)CC2)c1c(C)cc(C)cc1C. The van der Waals surface area contributed by atoms with Crippen molar-refractivity contribution in [3.05, 3.63) is 40.1 Å². The van der Waals surface area contributed by atoms with Crippen LogP contribution in [0.2, 0.25) is 0 Å². The summed E-state index contributed by atoms with van der Waals surface area (Å²) in [5, 5.41) is 0. The Bertz CT molecular complexity index is 815. The zero-order valence-corrected chi connectivity index (χ0v) is 16.8. The van der Waals surface area contributed by atoms with Gasteiger partial charge in [0.2, 0.25) is 5.95 Å². The summed E-state index contributed by atoms with van der Waals surface area (Å²) in [4.78, 5) is 14.8. The molecule has 1 saturated carbocycles. The molecule has 138 valence electrons. The number of fused-ring (bicyclic) bond motifs is 1. The molecule has 0 N–H and O–H groups in total. The maximum absolute atomic E-state index is 5.07. The molecular formula is C22H30N4. The first-order chi connectivity index (χ1) is 12.5. The summed E-state index contributed by atoms with van der Waals surface area (Å²) in [5.74, 6) is 2.91. The lowest BCUT2D eigenvalue weighted by Gasteiger charge is -2.27. The van der Waals surface area contributed by atoms with Crippen molar-refractivity contribution in [2.45, 2.75) is 53.9 Å². The fourth-order valence-electron chi connectivity index (χ4n) is 4.38. The standard InChI is InChI=1S/C22H30N4/c1-6-26(20-15(3)11-14(2)12-16(20)4)22-23-17(5)19-9-10-25(21(19)24-22)13-18-7-8-18/h11-12,18H,6-10,13H2,1-5H3. The molecule has 4 rings (SSSR count). The van der Waals surface area contributed by atoms with Gasteiger partial charge < -0.3 is 9.80 Å². The van der Waals surface area contributed by atoms with Crippen LogP contribution in [0, 0.1) is 33.6 Å². The van der Waals surface area contributed by atoms with Crippen molar-refractivity contribution < 1.29 is 0 Å². The number of anilines is 3. The predicted molar refractivity (Wildman–Crippen MR) is 109 cm³/mol. The summed E-state index contributed by atoms with van der Waals surface area (Å²) in [5.41, 5.74) is 7.64. The van der Waals surface area contributed by atoms with Gasteiger partial charge >= 0.3 is 0 Å². The Labute approximate surface area is 157 Å². The molecule has 26 heavy (non-hydrogen) atoms. The van der Waals surface area contributed by atoms with Gasteiger partial charge in [0.15, 0.2) is 0 Å². The van der Waals surface area contributed by atoms with Gasteiger partial charge in [-0.05, 0) is 70.9 Å². The maximum Gasteiger partial charge on any atom is 0.232 e. The average Bonchev–Trinajstić information content (AvgIpc) is 3.30. The van der Waals surface area contributed by atoms with E-state index < -0.39 is 0 Å². The number of hydrogen-bond donors (Lipinski definition) is 0. The minimum atomic E-state index is 0.849. The molecule has 1 fully saturated rings. The van der Waals surface area contributed by atoms with Crippen molar-refractivity contribution in [2.24, 2.45) is 5.92 Å². The topological polar surface area (TPSA) is 32.3 Å². The monoisotopic (exact) mass is 350 g/mol. The van der Waals surface area contributed by atoms with Gasteiger partial charge in [0.25, 0.3) is 0 Å². The second-order valence-electron chi connectivity index (χ2n) is 8.04. The first-order valence-corrected chi connectivity index (χ1v) is 9.95. The van der Waals surface area contributed by atoms with Crippen LogP contribution in [0.4, 0.5) is 17.5 Å². The number of rotatable bonds is 5. The summed E-state index contributed by atoms with van der Waals surface area (Å²) in [6.07, 6.45) is 3.85. The lowest BCUT2D eigenvalue weighted by Crippen LogP contribution is -2.26. The van der Waals surface area contributed by atoms with Gasteiger partial charge in [-0.1, -0.05) is 17.7 Å². The molecule has 4 heteroatoms. The lowest BCUT2D eigenvalue weighted by atomic mass is 10.0. The molecule has 1 aliphatic heterocycles. The molecule has 4 nitrogen and oxygen atoms in total. The molecular weight excluding hydrogens is 320 g/mol. The highest BCUT2D eigenvalue weighted by Crippen LogP contribution is 2.37. The van der Waals surface area contributed by atoms with E-state index in [0.29, 0.717) is 0 Å². The van der Waals surface area contributed by atoms with Gasteiger partial charge in [-0.15, -0.1) is 0 Å². The van der Waals surface area contributed by atoms with Crippen LogP contribution >= 0.6 is 0 Å². The Morgan fingerprint density at radius 3 is 2.38 bits per heavy atom. The van der Waals surface area contributed by atoms with E-state index in [-0.39, 0.29) is 0 Å². The van der Waals surface area contributed by atoms with Gasteiger partial charge in [0.1, 0.15) is 5.82 Å². The number of benzene rings is 1. The smallest absolute Gasteiger partial charge is 0.232 e. The van der Waals surface area contributed by atoms with Crippen LogP contribution in [0.25, 0.3) is 0 Å². The first-order valence-electron chi connectivity index (χ1n) is 9.95. The minimum absolute atomic E-state index is 0.849. The summed E-state index contributed by atoms with van der Waals surface area (Å²) in [7, 11) is 0. The second kappa shape index (κ2) is 6.57. The lowest BCUT2D eigenvalue weighted by molar-refractivity contribution is 0.739. The Kier molecular flexibility index (Phi) is 4.37. The van der Waals surface area contributed by atoms with Crippen LogP contribution in [-0.4, -0.2) is 29.6 Å². The van der Waals surface area contributed by atoms with Crippen LogP contribution in [0.15, 0.2) is 12.1 Å². The van der Waals surface area contributed by atoms with E-state index in [1.807, 2.05) is 0 Å². The van der Waals surface area contributed by atoms with E-state index in [1.165, 1.54) is 46.6 Å². The molecule has 2 aliphatic rings. The molecule has 1 aromatic carbocycles. The molecule has 1 aromatic heterocycles. The summed E-state index contributed by atoms with van der Waals surface area (Å²) < 4.78 is 0. The van der Waals surface area contributed by atoms with Crippen LogP contribution in [0.1, 0.15) is 47.7 Å². The van der Waals surface area contributed by atoms with Gasteiger partial charge in [-0.25, -0.2) is 4.98 Å². The van der Waals surface area contributed by atoms with Crippen LogP contribution in [0.3, 0.4) is 0 Å². The molecule has 1 aliphatic carbocycles. The molecule has 2 aromatic rings. The van der Waals surface area contributed by atoms with Crippen molar-refractivity contribution in [3.8, 4) is 0 Å². The largest absolute Gasteiger partial charge is 0.356 e. The molecule has 0 radical (unpaired) electrons. The molecule has 0 saturated heterocycles. The van der Waals surface area contributed by atoms with Crippen molar-refractivity contribution >= 4 is 17.5 Å². The van der Waals surface area contributed by atoms with Crippen LogP contribution in [0.5, 0.6) is 0 Å². The number of hydrogen-bond acceptors (Lipinski definition) is 4. The average molecular weight is 351 g/mol. The van der Waals surface area contributed by atoms with Gasteiger partial charge in [-0.2, -0.15) is 4.98 Å². The highest BCUT2D eigenvalue weighted by Gasteiger charge is 2.31. The minimum Gasteiger partial charge on any atom is -0.356 e. The molecule has 0 bridgehead atoms. The van der Waals surface area contributed by atoms with Crippen LogP contribution in [-0.2, 0) is 6.42 Å². The maximum atomic E-state index is 5.07. The zero-order valence-electron chi connectivity index (χ0n) is 16.8. The van der Waals surface area contributed by atoms with Crippen molar-refractivity contribution in [1.29, 1.82) is 0 Å². The van der Waals surface area contributed by atoms with E-state index in [9.17, 15) is 0 Å². The Morgan fingerprint density at radius 2 is 1.77 bits per heavy atom. The third-order valence-electron chi connectivity index (χ3n) is 5.75. The van der Waals surface area contributed by atoms with Crippen molar-refractivity contribution in [2.75, 3.05) is 29.4 Å². The molecule has 2 heterocycles. The quantitative estimate of drug-likeness (QED) is 0.786. The Hall–Kier alpha value is -2.10. The van der Waals surface area contributed by atoms with E-state index in [4.69, 9.17) is 9.97 Å². The van der Waals surface area contributed by atoms with Crippen molar-refractivity contribution in [3.63, 3.8) is 0 Å². The normalized spacial score (nSPS) is 16.1. The zero-order chi connectivity index (χ0) is 18.4. The fourth-order valence-corrected chi connectivity index (χ4v) is 4.38. The summed E-state index contributed by atoms with van der Waals surface area (Å²) >= 11 is 0. The second-order valence-corrected chi connectivity index (χ2v) is 8.04. The summed E-state index contributed by atoms with van der Waals surface area (Å²) in [6, 6.07) is 4.51. The first kappa shape index (κ1) is 17.3. The molecule has 0 unspecified atom stereocenters. The van der Waals surface area contributed by atoms with Crippen LogP contribution < -0.4 is 9.80 Å². The van der Waals surface area contributed by atoms with Gasteiger partial charge in [0, 0.05) is 36.6 Å². The Morgan fingerprint density at radius 1 is 1.08 bits per heavy atom. The Balaban J connectivity index is 1.76. The highest BCUT2D eigenvalue weighted by molar-refractivity contribution is 5.68. The molecule has 0 spiro atoms. The summed E-state index contributed by atoms with van der Waals surface area (Å²) in [6.45, 7) is 14.0. The third-order valence-corrected chi connectivity index (χ3v) is 5.75. The number of aryl methyl sites for hydroxylation is 4. The predicted octanol–water partition coefficient (Wildman–Crippen LogP) is 4.64.